The summed E-state index contributed by atoms with van der Waals surface area (Å²) < 4.78 is 47.5. The van der Waals surface area contributed by atoms with Crippen molar-refractivity contribution in [1.29, 1.82) is 0 Å². The van der Waals surface area contributed by atoms with Crippen LogP contribution in [0.1, 0.15) is 25.3 Å². The van der Waals surface area contributed by atoms with Gasteiger partial charge in [-0.3, -0.25) is 9.59 Å². The Kier molecular flexibility index (Phi) is 5.91. The van der Waals surface area contributed by atoms with Gasteiger partial charge in [0.25, 0.3) is 5.91 Å². The van der Waals surface area contributed by atoms with Crippen LogP contribution in [0.4, 0.5) is 15.8 Å². The van der Waals surface area contributed by atoms with Gasteiger partial charge in [0.15, 0.2) is 6.10 Å². The van der Waals surface area contributed by atoms with E-state index in [0.717, 1.165) is 0 Å². The van der Waals surface area contributed by atoms with E-state index >= 15 is 0 Å². The van der Waals surface area contributed by atoms with E-state index in [1.54, 1.807) is 26.0 Å². The summed E-state index contributed by atoms with van der Waals surface area (Å²) in [6.45, 7) is 3.49. The Labute approximate surface area is 185 Å². The van der Waals surface area contributed by atoms with Crippen molar-refractivity contribution in [3.05, 3.63) is 47.8 Å². The van der Waals surface area contributed by atoms with E-state index in [4.69, 9.17) is 4.74 Å². The molecule has 0 aliphatic carbocycles. The molecule has 2 aromatic carbocycles. The Balaban J connectivity index is 1.55. The van der Waals surface area contributed by atoms with E-state index < -0.39 is 33.8 Å². The highest BCUT2D eigenvalue weighted by Crippen LogP contribution is 2.36. The molecule has 2 atom stereocenters. The molecule has 0 spiro atoms. The number of para-hydroxylation sites is 1. The maximum atomic E-state index is 13.9. The summed E-state index contributed by atoms with van der Waals surface area (Å²) in [6, 6.07) is 8.83. The van der Waals surface area contributed by atoms with E-state index in [1.165, 1.54) is 28.6 Å². The van der Waals surface area contributed by atoms with Crippen molar-refractivity contribution in [2.45, 2.75) is 37.7 Å². The molecule has 32 heavy (non-hydrogen) atoms. The van der Waals surface area contributed by atoms with Crippen LogP contribution in [0.3, 0.4) is 0 Å². The highest BCUT2D eigenvalue weighted by Gasteiger charge is 2.35. The predicted octanol–water partition coefficient (Wildman–Crippen LogP) is 2.89. The molecule has 0 bridgehead atoms. The van der Waals surface area contributed by atoms with Crippen molar-refractivity contribution in [2.75, 3.05) is 23.7 Å². The van der Waals surface area contributed by atoms with E-state index in [-0.39, 0.29) is 35.3 Å². The third-order valence-corrected chi connectivity index (χ3v) is 7.72. The van der Waals surface area contributed by atoms with Crippen molar-refractivity contribution >= 4 is 33.2 Å². The third-order valence-electron chi connectivity index (χ3n) is 5.71. The first-order valence-corrected chi connectivity index (χ1v) is 11.8. The SMILES string of the molecule is Cc1cc2c(cc1S(=O)(=O)N1CCCC(C(=O)Nc3ccccc3F)C1)OC(C)C(=O)N2. The molecule has 8 nitrogen and oxygen atoms in total. The van der Waals surface area contributed by atoms with Crippen LogP contribution in [0.15, 0.2) is 41.3 Å². The summed E-state index contributed by atoms with van der Waals surface area (Å²) >= 11 is 0. The number of aryl methyl sites for hydroxylation is 1. The lowest BCUT2D eigenvalue weighted by Crippen LogP contribution is -2.44. The lowest BCUT2D eigenvalue weighted by Gasteiger charge is -2.32. The first-order valence-electron chi connectivity index (χ1n) is 10.3. The fraction of sp³-hybridized carbons (Fsp3) is 0.364. The highest BCUT2D eigenvalue weighted by atomic mass is 32.2. The number of amides is 2. The van der Waals surface area contributed by atoms with E-state index in [0.29, 0.717) is 24.1 Å². The second-order valence-electron chi connectivity index (χ2n) is 8.03. The van der Waals surface area contributed by atoms with Crippen LogP contribution in [-0.4, -0.2) is 43.7 Å². The number of fused-ring (bicyclic) bond motifs is 1. The Hall–Kier alpha value is -2.98. The van der Waals surface area contributed by atoms with Gasteiger partial charge in [-0.05, 0) is 50.5 Å². The van der Waals surface area contributed by atoms with Gasteiger partial charge in [0, 0.05) is 19.2 Å². The molecule has 2 amide bonds. The third kappa shape index (κ3) is 4.20. The van der Waals surface area contributed by atoms with Gasteiger partial charge in [-0.2, -0.15) is 4.31 Å². The van der Waals surface area contributed by atoms with Gasteiger partial charge in [0.1, 0.15) is 11.6 Å². The zero-order valence-corrected chi connectivity index (χ0v) is 18.5. The number of nitrogens with one attached hydrogen (secondary N) is 2. The summed E-state index contributed by atoms with van der Waals surface area (Å²) in [5.74, 6) is -1.59. The van der Waals surface area contributed by atoms with Crippen molar-refractivity contribution in [3.8, 4) is 5.75 Å². The number of carbonyl (C=O) groups excluding carboxylic acids is 2. The van der Waals surface area contributed by atoms with E-state index in [2.05, 4.69) is 10.6 Å². The lowest BCUT2D eigenvalue weighted by molar-refractivity contribution is -0.123. The molecular formula is C22H24FN3O5S. The number of nitrogens with zero attached hydrogens (tertiary/aromatic N) is 1. The number of anilines is 2. The van der Waals surface area contributed by atoms with Crippen molar-refractivity contribution in [2.24, 2.45) is 5.92 Å². The molecule has 0 saturated carbocycles. The molecule has 0 radical (unpaired) electrons. The largest absolute Gasteiger partial charge is 0.479 e. The Morgan fingerprint density at radius 2 is 2.03 bits per heavy atom. The van der Waals surface area contributed by atoms with Crippen LogP contribution >= 0.6 is 0 Å². The predicted molar refractivity (Wildman–Crippen MR) is 116 cm³/mol. The van der Waals surface area contributed by atoms with Gasteiger partial charge in [-0.1, -0.05) is 12.1 Å². The molecule has 1 saturated heterocycles. The maximum Gasteiger partial charge on any atom is 0.265 e. The molecule has 2 heterocycles. The average molecular weight is 462 g/mol. The van der Waals surface area contributed by atoms with Crippen LogP contribution in [-0.2, 0) is 19.6 Å². The summed E-state index contributed by atoms with van der Waals surface area (Å²) in [7, 11) is -3.92. The summed E-state index contributed by atoms with van der Waals surface area (Å²) in [4.78, 5) is 24.6. The smallest absolute Gasteiger partial charge is 0.265 e. The lowest BCUT2D eigenvalue weighted by atomic mass is 9.98. The molecule has 2 N–H and O–H groups in total. The molecule has 2 unspecified atom stereocenters. The number of hydrogen-bond donors (Lipinski definition) is 2. The van der Waals surface area contributed by atoms with Gasteiger partial charge in [-0.25, -0.2) is 12.8 Å². The number of sulfonamides is 1. The van der Waals surface area contributed by atoms with Gasteiger partial charge in [0.2, 0.25) is 15.9 Å². The summed E-state index contributed by atoms with van der Waals surface area (Å²) in [5, 5.41) is 5.26. The number of rotatable bonds is 4. The van der Waals surface area contributed by atoms with Crippen LogP contribution in [0.5, 0.6) is 5.75 Å². The number of hydrogen-bond acceptors (Lipinski definition) is 5. The molecular weight excluding hydrogens is 437 g/mol. The highest BCUT2D eigenvalue weighted by molar-refractivity contribution is 7.89. The molecule has 2 aliphatic rings. The van der Waals surface area contributed by atoms with Crippen LogP contribution in [0.25, 0.3) is 0 Å². The Morgan fingerprint density at radius 3 is 2.78 bits per heavy atom. The number of benzene rings is 2. The van der Waals surface area contributed by atoms with Gasteiger partial charge in [-0.15, -0.1) is 0 Å². The average Bonchev–Trinajstić information content (AvgIpc) is 2.76. The van der Waals surface area contributed by atoms with Gasteiger partial charge >= 0.3 is 0 Å². The zero-order chi connectivity index (χ0) is 23.0. The summed E-state index contributed by atoms with van der Waals surface area (Å²) in [5.41, 5.74) is 0.946. The van der Waals surface area contributed by atoms with Crippen molar-refractivity contribution in [1.82, 2.24) is 4.31 Å². The standard InChI is InChI=1S/C22H24FN3O5S/c1-13-10-18-19(31-14(2)21(27)25-18)11-20(13)32(29,30)26-9-5-6-15(12-26)22(28)24-17-8-4-3-7-16(17)23/h3-4,7-8,10-11,14-15H,5-6,9,12H2,1-2H3,(H,24,28)(H,25,27). The zero-order valence-electron chi connectivity index (χ0n) is 17.7. The number of halogens is 1. The Bertz CT molecular complexity index is 1180. The minimum Gasteiger partial charge on any atom is -0.479 e. The molecule has 4 rings (SSSR count). The minimum atomic E-state index is -3.92. The number of piperidine rings is 1. The van der Waals surface area contributed by atoms with Crippen LogP contribution in [0, 0.1) is 18.7 Å². The second-order valence-corrected chi connectivity index (χ2v) is 9.94. The number of carbonyl (C=O) groups is 2. The Morgan fingerprint density at radius 1 is 1.28 bits per heavy atom. The molecule has 2 aromatic rings. The van der Waals surface area contributed by atoms with Gasteiger partial charge < -0.3 is 15.4 Å². The maximum absolute atomic E-state index is 13.9. The molecule has 1 fully saturated rings. The fourth-order valence-electron chi connectivity index (χ4n) is 3.93. The van der Waals surface area contributed by atoms with E-state index in [9.17, 15) is 22.4 Å². The first-order chi connectivity index (χ1) is 15.2. The topological polar surface area (TPSA) is 105 Å². The second kappa shape index (κ2) is 8.51. The van der Waals surface area contributed by atoms with Crippen LogP contribution < -0.4 is 15.4 Å². The van der Waals surface area contributed by atoms with Crippen molar-refractivity contribution < 1.29 is 27.1 Å². The normalized spacial score (nSPS) is 21.3. The molecule has 2 aliphatic heterocycles. The fourth-order valence-corrected chi connectivity index (χ4v) is 5.68. The quantitative estimate of drug-likeness (QED) is 0.729. The summed E-state index contributed by atoms with van der Waals surface area (Å²) in [6.07, 6.45) is 0.270. The molecule has 10 heteroatoms. The molecule has 170 valence electrons. The van der Waals surface area contributed by atoms with Gasteiger partial charge in [0.05, 0.1) is 22.2 Å². The minimum absolute atomic E-state index is 0.00681. The van der Waals surface area contributed by atoms with Crippen molar-refractivity contribution in [3.63, 3.8) is 0 Å². The van der Waals surface area contributed by atoms with E-state index in [1.807, 2.05) is 0 Å². The van der Waals surface area contributed by atoms with Crippen LogP contribution in [0.2, 0.25) is 0 Å². The molecule has 0 aromatic heterocycles. The first kappa shape index (κ1) is 22.2. The number of ether oxygens (including phenoxy) is 1. The monoisotopic (exact) mass is 461 g/mol.